The number of piperidine rings is 1. The van der Waals surface area contributed by atoms with E-state index in [9.17, 15) is 17.6 Å². The van der Waals surface area contributed by atoms with E-state index in [0.717, 1.165) is 11.1 Å². The lowest BCUT2D eigenvalue weighted by Gasteiger charge is -2.31. The highest BCUT2D eigenvalue weighted by atomic mass is 32.2. The molecule has 2 aromatic carbocycles. The van der Waals surface area contributed by atoms with Gasteiger partial charge in [-0.3, -0.25) is 4.79 Å². The van der Waals surface area contributed by atoms with Crippen LogP contribution in [0.15, 0.2) is 47.4 Å². The van der Waals surface area contributed by atoms with E-state index in [1.165, 1.54) is 16.4 Å². The minimum Gasteiger partial charge on any atom is -0.496 e. The van der Waals surface area contributed by atoms with Crippen LogP contribution >= 0.6 is 0 Å². The Hall–Kier alpha value is -2.45. The third-order valence-corrected chi connectivity index (χ3v) is 7.45. The maximum atomic E-state index is 13.1. The number of sulfonamides is 1. The molecule has 0 radical (unpaired) electrons. The van der Waals surface area contributed by atoms with Crippen molar-refractivity contribution in [3.63, 3.8) is 0 Å². The van der Waals surface area contributed by atoms with Gasteiger partial charge in [-0.15, -0.1) is 0 Å². The van der Waals surface area contributed by atoms with E-state index in [1.807, 2.05) is 6.92 Å². The van der Waals surface area contributed by atoms with Gasteiger partial charge in [0, 0.05) is 19.0 Å². The van der Waals surface area contributed by atoms with E-state index < -0.39 is 10.0 Å². The second-order valence-electron chi connectivity index (χ2n) is 7.59. The summed E-state index contributed by atoms with van der Waals surface area (Å²) in [7, 11) is -2.07. The minimum atomic E-state index is -3.62. The number of rotatable bonds is 6. The third-order valence-electron chi connectivity index (χ3n) is 5.56. The van der Waals surface area contributed by atoms with Crippen molar-refractivity contribution in [3.05, 3.63) is 59.4 Å². The van der Waals surface area contributed by atoms with Gasteiger partial charge in [0.05, 0.1) is 18.0 Å². The molecule has 1 N–H and O–H groups in total. The number of ether oxygens (including phenoxy) is 1. The van der Waals surface area contributed by atoms with Gasteiger partial charge in [-0.1, -0.05) is 12.1 Å². The van der Waals surface area contributed by atoms with E-state index in [2.05, 4.69) is 5.32 Å². The highest BCUT2D eigenvalue weighted by Gasteiger charge is 2.32. The van der Waals surface area contributed by atoms with Crippen LogP contribution < -0.4 is 10.1 Å². The Bertz CT molecular complexity index is 1000. The predicted octanol–water partition coefficient (Wildman–Crippen LogP) is 3.42. The van der Waals surface area contributed by atoms with E-state index in [4.69, 9.17) is 4.74 Å². The molecule has 2 aromatic rings. The number of hydrogen-bond donors (Lipinski definition) is 1. The largest absolute Gasteiger partial charge is 0.496 e. The fourth-order valence-corrected chi connectivity index (χ4v) is 5.24. The van der Waals surface area contributed by atoms with Crippen molar-refractivity contribution in [1.29, 1.82) is 0 Å². The van der Waals surface area contributed by atoms with Crippen molar-refractivity contribution in [2.24, 2.45) is 5.92 Å². The van der Waals surface area contributed by atoms with Gasteiger partial charge in [0.15, 0.2) is 0 Å². The van der Waals surface area contributed by atoms with Crippen molar-refractivity contribution in [3.8, 4) is 5.75 Å². The maximum absolute atomic E-state index is 13.1. The molecule has 0 bridgehead atoms. The van der Waals surface area contributed by atoms with Gasteiger partial charge in [-0.2, -0.15) is 4.31 Å². The summed E-state index contributed by atoms with van der Waals surface area (Å²) in [5.41, 5.74) is 1.57. The van der Waals surface area contributed by atoms with Gasteiger partial charge in [-0.25, -0.2) is 12.8 Å². The van der Waals surface area contributed by atoms with Crippen molar-refractivity contribution in [2.45, 2.75) is 37.6 Å². The van der Waals surface area contributed by atoms with Crippen LogP contribution in [0, 0.1) is 18.7 Å². The van der Waals surface area contributed by atoms with Gasteiger partial charge >= 0.3 is 0 Å². The molecular formula is C22H27FN2O4S. The van der Waals surface area contributed by atoms with Crippen molar-refractivity contribution < 1.29 is 22.3 Å². The number of nitrogens with zero attached hydrogens (tertiary/aromatic N) is 1. The molecule has 0 aromatic heterocycles. The summed E-state index contributed by atoms with van der Waals surface area (Å²) in [6, 6.07) is 10.6. The Morgan fingerprint density at radius 3 is 2.37 bits per heavy atom. The van der Waals surface area contributed by atoms with Gasteiger partial charge in [0.25, 0.3) is 0 Å². The second kappa shape index (κ2) is 9.14. The smallest absolute Gasteiger partial charge is 0.243 e. The number of aryl methyl sites for hydroxylation is 1. The molecule has 30 heavy (non-hydrogen) atoms. The molecule has 1 saturated heterocycles. The van der Waals surface area contributed by atoms with Crippen LogP contribution in [0.25, 0.3) is 0 Å². The first kappa shape index (κ1) is 22.2. The van der Waals surface area contributed by atoms with Crippen LogP contribution in [-0.2, 0) is 14.8 Å². The zero-order valence-corrected chi connectivity index (χ0v) is 18.2. The number of amides is 1. The van der Waals surface area contributed by atoms with Crippen LogP contribution in [0.4, 0.5) is 4.39 Å². The predicted molar refractivity (Wildman–Crippen MR) is 112 cm³/mol. The summed E-state index contributed by atoms with van der Waals surface area (Å²) < 4.78 is 45.6. The SMILES string of the molecule is COc1ccc(S(=O)(=O)N2CCC(C(=O)N[C@@H](C)c3ccc(F)cc3)CC2)cc1C. The fourth-order valence-electron chi connectivity index (χ4n) is 3.68. The number of benzene rings is 2. The maximum Gasteiger partial charge on any atom is 0.243 e. The average Bonchev–Trinajstić information content (AvgIpc) is 2.74. The quantitative estimate of drug-likeness (QED) is 0.756. The highest BCUT2D eigenvalue weighted by Crippen LogP contribution is 2.27. The molecule has 1 amide bonds. The third kappa shape index (κ3) is 4.82. The zero-order valence-electron chi connectivity index (χ0n) is 17.4. The van der Waals surface area contributed by atoms with Gasteiger partial charge in [0.1, 0.15) is 11.6 Å². The van der Waals surface area contributed by atoms with Crippen LogP contribution in [0.1, 0.15) is 36.9 Å². The summed E-state index contributed by atoms with van der Waals surface area (Å²) in [6.45, 7) is 4.22. The molecule has 6 nitrogen and oxygen atoms in total. The lowest BCUT2D eigenvalue weighted by atomic mass is 9.96. The van der Waals surface area contributed by atoms with Crippen LogP contribution in [0.5, 0.6) is 5.75 Å². The Morgan fingerprint density at radius 2 is 1.80 bits per heavy atom. The lowest BCUT2D eigenvalue weighted by molar-refractivity contribution is -0.126. The van der Waals surface area contributed by atoms with E-state index in [0.29, 0.717) is 18.6 Å². The standard InChI is InChI=1S/C22H27FN2O4S/c1-15-14-20(8-9-21(15)29-3)30(27,28)25-12-10-18(11-13-25)22(26)24-16(2)17-4-6-19(23)7-5-17/h4-9,14,16,18H,10-13H2,1-3H3,(H,24,26)/t16-/m0/s1. The lowest BCUT2D eigenvalue weighted by Crippen LogP contribution is -2.43. The molecule has 0 spiro atoms. The molecule has 0 aliphatic carbocycles. The highest BCUT2D eigenvalue weighted by molar-refractivity contribution is 7.89. The first-order chi connectivity index (χ1) is 14.2. The Morgan fingerprint density at radius 1 is 1.17 bits per heavy atom. The summed E-state index contributed by atoms with van der Waals surface area (Å²) >= 11 is 0. The fraction of sp³-hybridized carbons (Fsp3) is 0.409. The summed E-state index contributed by atoms with van der Waals surface area (Å²) in [5, 5.41) is 2.95. The van der Waals surface area contributed by atoms with Gasteiger partial charge in [0.2, 0.25) is 15.9 Å². The van der Waals surface area contributed by atoms with Crippen molar-refractivity contribution in [2.75, 3.05) is 20.2 Å². The summed E-state index contributed by atoms with van der Waals surface area (Å²) in [4.78, 5) is 12.9. The first-order valence-corrected chi connectivity index (χ1v) is 11.4. The topological polar surface area (TPSA) is 75.7 Å². The molecule has 0 unspecified atom stereocenters. The molecule has 8 heteroatoms. The Kier molecular flexibility index (Phi) is 6.77. The second-order valence-corrected chi connectivity index (χ2v) is 9.53. The van der Waals surface area contributed by atoms with E-state index in [-0.39, 0.29) is 41.7 Å². The molecule has 1 heterocycles. The monoisotopic (exact) mass is 434 g/mol. The number of halogens is 1. The van der Waals surface area contributed by atoms with Gasteiger partial charge in [-0.05, 0) is 68.1 Å². The molecule has 162 valence electrons. The summed E-state index contributed by atoms with van der Waals surface area (Å²) in [6.07, 6.45) is 0.909. The van der Waals surface area contributed by atoms with E-state index >= 15 is 0 Å². The molecule has 3 rings (SSSR count). The van der Waals surface area contributed by atoms with Crippen LogP contribution in [0.2, 0.25) is 0 Å². The number of carbonyl (C=O) groups excluding carboxylic acids is 1. The molecular weight excluding hydrogens is 407 g/mol. The van der Waals surface area contributed by atoms with Crippen molar-refractivity contribution in [1.82, 2.24) is 9.62 Å². The number of carbonyl (C=O) groups is 1. The molecule has 1 fully saturated rings. The summed E-state index contributed by atoms with van der Waals surface area (Å²) in [5.74, 6) is -0.0429. The molecule has 0 saturated carbocycles. The van der Waals surface area contributed by atoms with E-state index in [1.54, 1.807) is 44.4 Å². The average molecular weight is 435 g/mol. The molecule has 1 aliphatic heterocycles. The normalized spacial score (nSPS) is 16.8. The van der Waals surface area contributed by atoms with Crippen LogP contribution in [-0.4, -0.2) is 38.8 Å². The van der Waals surface area contributed by atoms with Crippen LogP contribution in [0.3, 0.4) is 0 Å². The first-order valence-electron chi connectivity index (χ1n) is 9.93. The number of methoxy groups -OCH3 is 1. The minimum absolute atomic E-state index is 0.107. The van der Waals surface area contributed by atoms with Crippen molar-refractivity contribution >= 4 is 15.9 Å². The Balaban J connectivity index is 1.60. The van der Waals surface area contributed by atoms with Gasteiger partial charge < -0.3 is 10.1 Å². The molecule has 1 atom stereocenters. The molecule has 1 aliphatic rings. The zero-order chi connectivity index (χ0) is 21.9. The number of nitrogens with one attached hydrogen (secondary N) is 1. The Labute approximate surface area is 177 Å². The number of hydrogen-bond acceptors (Lipinski definition) is 4.